The maximum absolute atomic E-state index is 10.7. The van der Waals surface area contributed by atoms with Gasteiger partial charge in [-0.15, -0.1) is 15.3 Å². The van der Waals surface area contributed by atoms with Gasteiger partial charge in [-0.1, -0.05) is 23.8 Å². The number of hydrogen-bond acceptors (Lipinski definition) is 15. The minimum Gasteiger partial charge on any atom is -0.506 e. The van der Waals surface area contributed by atoms with Crippen molar-refractivity contribution in [1.82, 2.24) is 20.3 Å². The molecular weight excluding hydrogens is 775 g/mol. The zero-order valence-corrected chi connectivity index (χ0v) is 32.2. The number of nitrogens with zero attached hydrogens (tertiary/aromatic N) is 7. The molecule has 0 bridgehead atoms. The molecule has 289 valence electrons. The summed E-state index contributed by atoms with van der Waals surface area (Å²) < 4.78 is 11.3. The molecule has 0 aliphatic heterocycles. The number of azo groups is 2. The van der Waals surface area contributed by atoms with E-state index in [2.05, 4.69) is 77.3 Å². The van der Waals surface area contributed by atoms with Crippen molar-refractivity contribution < 1.29 is 41.9 Å². The molecule has 0 saturated carbocycles. The first-order valence-corrected chi connectivity index (χ1v) is 16.9. The zero-order chi connectivity index (χ0) is 38.6. The molecule has 0 fully saturated rings. The molecule has 15 nitrogen and oxygen atoms in total. The number of aryl methyl sites for hydroxylation is 3. The maximum atomic E-state index is 10.7. The van der Waals surface area contributed by atoms with E-state index < -0.39 is 0 Å². The van der Waals surface area contributed by atoms with Crippen LogP contribution < -0.4 is 25.4 Å². The van der Waals surface area contributed by atoms with Gasteiger partial charge in [0.05, 0.1) is 19.5 Å². The van der Waals surface area contributed by atoms with Crippen molar-refractivity contribution in [2.75, 3.05) is 38.3 Å². The molecule has 6 N–H and O–H groups in total. The van der Waals surface area contributed by atoms with E-state index in [1.807, 2.05) is 18.2 Å². The van der Waals surface area contributed by atoms with Gasteiger partial charge in [0.2, 0.25) is 11.2 Å². The Hall–Kier alpha value is -5.90. The van der Waals surface area contributed by atoms with E-state index in [1.54, 1.807) is 44.3 Å². The van der Waals surface area contributed by atoms with E-state index in [1.165, 1.54) is 42.8 Å². The first-order chi connectivity index (χ1) is 26.1. The van der Waals surface area contributed by atoms with Gasteiger partial charge in [0.25, 0.3) is 0 Å². The van der Waals surface area contributed by atoms with Crippen LogP contribution in [0.1, 0.15) is 16.7 Å². The number of phenolic OH excluding ortho intramolecular Hbond substituents is 2. The van der Waals surface area contributed by atoms with Crippen molar-refractivity contribution in [2.45, 2.75) is 20.8 Å². The van der Waals surface area contributed by atoms with Gasteiger partial charge >= 0.3 is 0 Å². The normalized spacial score (nSPS) is 10.9. The van der Waals surface area contributed by atoms with Crippen molar-refractivity contribution >= 4 is 62.4 Å². The molecule has 6 aromatic rings. The summed E-state index contributed by atoms with van der Waals surface area (Å²) in [5, 5.41) is 57.3. The number of halogens is 1. The average molecular weight is 815 g/mol. The second kappa shape index (κ2) is 20.0. The Morgan fingerprint density at radius 2 is 1.53 bits per heavy atom. The van der Waals surface area contributed by atoms with Gasteiger partial charge in [0.15, 0.2) is 6.73 Å². The Labute approximate surface area is 333 Å². The molecule has 0 unspecified atom stereocenters. The number of rotatable bonds is 12. The number of hydrogen-bond donors (Lipinski definition) is 6. The number of fused-ring (bicyclic) bond motifs is 1. The Kier molecular flexibility index (Phi) is 15.2. The molecular formula is C38H39ClCuN10O5. The molecule has 0 atom stereocenters. The van der Waals surface area contributed by atoms with Crippen LogP contribution in [0.5, 0.6) is 23.0 Å². The molecule has 1 aromatic heterocycles. The summed E-state index contributed by atoms with van der Waals surface area (Å²) in [6.07, 6.45) is 1.32. The van der Waals surface area contributed by atoms with Crippen molar-refractivity contribution in [3.8, 4) is 23.0 Å². The molecule has 0 aliphatic rings. The second-order valence-corrected chi connectivity index (χ2v) is 12.1. The summed E-state index contributed by atoms with van der Waals surface area (Å²) in [4.78, 5) is 11.8. The van der Waals surface area contributed by atoms with E-state index in [-0.39, 0.29) is 58.7 Å². The quantitative estimate of drug-likeness (QED) is 0.0390. The number of aliphatic hydroxyl groups is 1. The Balaban J connectivity index is 0.00000128. The third-order valence-corrected chi connectivity index (χ3v) is 7.88. The number of nitrogens with one attached hydrogen (secondary N) is 3. The molecule has 6 rings (SSSR count). The van der Waals surface area contributed by atoms with Crippen LogP contribution >= 0.6 is 11.6 Å². The summed E-state index contributed by atoms with van der Waals surface area (Å²) in [6, 6.07) is 23.5. The minimum atomic E-state index is -0.181. The molecule has 1 radical (unpaired) electrons. The predicted octanol–water partition coefficient (Wildman–Crippen LogP) is 9.20. The van der Waals surface area contributed by atoms with E-state index in [0.29, 0.717) is 40.1 Å². The van der Waals surface area contributed by atoms with Crippen LogP contribution in [0.3, 0.4) is 0 Å². The van der Waals surface area contributed by atoms with Gasteiger partial charge in [-0.3, -0.25) is 5.32 Å². The molecule has 55 heavy (non-hydrogen) atoms. The first kappa shape index (κ1) is 41.8. The third kappa shape index (κ3) is 11.5. The van der Waals surface area contributed by atoms with Crippen LogP contribution in [0.2, 0.25) is 5.28 Å². The SMILES string of the molecule is CNCO.COc1cc(N=Nc2c(C)cc(NCOc3ccc(Nc4ncnc(Cl)n4)cc3)cc2O)c(O)cc1N=Nc1ccc2c(C)cc(C)cc2c1.[Cu]. The molecule has 0 saturated heterocycles. The average Bonchev–Trinajstić information content (AvgIpc) is 3.15. The van der Waals surface area contributed by atoms with Crippen molar-refractivity contribution in [3.63, 3.8) is 0 Å². The topological polar surface area (TPSA) is 203 Å². The van der Waals surface area contributed by atoms with Crippen LogP contribution in [0.15, 0.2) is 106 Å². The number of aromatic nitrogens is 3. The van der Waals surface area contributed by atoms with E-state index in [9.17, 15) is 10.2 Å². The van der Waals surface area contributed by atoms with Crippen molar-refractivity contribution in [1.29, 1.82) is 0 Å². The van der Waals surface area contributed by atoms with Crippen LogP contribution in [0.25, 0.3) is 10.8 Å². The van der Waals surface area contributed by atoms with Crippen LogP contribution in [0, 0.1) is 20.8 Å². The van der Waals surface area contributed by atoms with E-state index >= 15 is 0 Å². The van der Waals surface area contributed by atoms with Crippen LogP contribution in [0.4, 0.5) is 40.1 Å². The van der Waals surface area contributed by atoms with Crippen LogP contribution in [-0.2, 0) is 17.1 Å². The number of anilines is 3. The van der Waals surface area contributed by atoms with Crippen molar-refractivity contribution in [3.05, 3.63) is 107 Å². The van der Waals surface area contributed by atoms with E-state index in [0.717, 1.165) is 16.5 Å². The van der Waals surface area contributed by atoms with Gasteiger partial charge in [0.1, 0.15) is 46.4 Å². The van der Waals surface area contributed by atoms with Crippen molar-refractivity contribution in [2.24, 2.45) is 20.5 Å². The Morgan fingerprint density at radius 3 is 2.22 bits per heavy atom. The number of phenols is 2. The predicted molar refractivity (Wildman–Crippen MR) is 209 cm³/mol. The standard InChI is InChI=1S/C36H32ClN9O4.C2H7NO.Cu/c1-20-11-21(2)28-10-7-25(14-23(28)12-20)43-45-30-16-31(47)29(17-33(30)49-4)44-46-34-22(3)13-26(15-32(34)48)40-19-50-27-8-5-24(6-9-27)41-36-39-18-38-35(37)42-36;1-3-2-4;/h5-18,40,47-48H,19H2,1-4H3,(H,38,39,41,42);3-4H,2H2,1H3;. The molecule has 17 heteroatoms. The summed E-state index contributed by atoms with van der Waals surface area (Å²) in [6.45, 7) is 6.12. The molecule has 0 spiro atoms. The fourth-order valence-electron chi connectivity index (χ4n) is 5.18. The van der Waals surface area contributed by atoms with Crippen LogP contribution in [-0.4, -0.2) is 57.9 Å². The molecule has 0 aliphatic carbocycles. The number of benzene rings is 5. The molecule has 1 heterocycles. The fourth-order valence-corrected chi connectivity index (χ4v) is 5.30. The number of aromatic hydroxyl groups is 2. The Bertz CT molecular complexity index is 2270. The van der Waals surface area contributed by atoms with Gasteiger partial charge < -0.3 is 35.4 Å². The number of methoxy groups -OCH3 is 1. The monoisotopic (exact) mass is 813 g/mol. The summed E-state index contributed by atoms with van der Waals surface area (Å²) in [5.41, 5.74) is 5.70. The van der Waals surface area contributed by atoms with Gasteiger partial charge in [0, 0.05) is 46.6 Å². The maximum Gasteiger partial charge on any atom is 0.231 e. The summed E-state index contributed by atoms with van der Waals surface area (Å²) in [7, 11) is 3.17. The van der Waals surface area contributed by atoms with Gasteiger partial charge in [-0.05, 0) is 104 Å². The van der Waals surface area contributed by atoms with Gasteiger partial charge in [-0.25, -0.2) is 9.97 Å². The Morgan fingerprint density at radius 1 is 0.782 bits per heavy atom. The molecule has 0 amide bonds. The molecule has 5 aromatic carbocycles. The van der Waals surface area contributed by atoms with E-state index in [4.69, 9.17) is 26.2 Å². The van der Waals surface area contributed by atoms with Gasteiger partial charge in [-0.2, -0.15) is 10.1 Å². The largest absolute Gasteiger partial charge is 0.506 e. The summed E-state index contributed by atoms with van der Waals surface area (Å²) in [5.74, 6) is 0.994. The fraction of sp³-hybridized carbons (Fsp3) is 0.184. The minimum absolute atomic E-state index is 0. The second-order valence-electron chi connectivity index (χ2n) is 11.8. The zero-order valence-electron chi connectivity index (χ0n) is 30.5. The first-order valence-electron chi connectivity index (χ1n) is 16.5. The number of ether oxygens (including phenoxy) is 2. The summed E-state index contributed by atoms with van der Waals surface area (Å²) >= 11 is 5.80. The third-order valence-electron chi connectivity index (χ3n) is 7.70. The smallest absolute Gasteiger partial charge is 0.231 e. The number of aliphatic hydroxyl groups excluding tert-OH is 1.